The van der Waals surface area contributed by atoms with Crippen LogP contribution in [-0.2, 0) is 4.74 Å². The van der Waals surface area contributed by atoms with E-state index >= 15 is 0 Å². The minimum Gasteiger partial charge on any atom is -0.496 e. The summed E-state index contributed by atoms with van der Waals surface area (Å²) >= 11 is 0. The number of halogens is 1. The first kappa shape index (κ1) is 19.9. The Kier molecular flexibility index (Phi) is 4.71. The molecule has 0 aliphatic carbocycles. The number of nitro benzene ring substituents is 1. The van der Waals surface area contributed by atoms with Gasteiger partial charge in [0.2, 0.25) is 11.8 Å². The lowest BCUT2D eigenvalue weighted by Gasteiger charge is -2.28. The molecule has 1 saturated heterocycles. The first-order valence-corrected chi connectivity index (χ1v) is 9.80. The largest absolute Gasteiger partial charge is 0.496 e. The van der Waals surface area contributed by atoms with Crippen LogP contribution < -0.4 is 10.5 Å². The summed E-state index contributed by atoms with van der Waals surface area (Å²) in [5, 5.41) is 12.3. The molecule has 0 saturated carbocycles. The van der Waals surface area contributed by atoms with E-state index in [1.807, 2.05) is 30.5 Å². The highest BCUT2D eigenvalue weighted by Gasteiger charge is 2.27. The highest BCUT2D eigenvalue weighted by Crippen LogP contribution is 2.42. The zero-order valence-corrected chi connectivity index (χ0v) is 17.0. The molecule has 1 fully saturated rings. The van der Waals surface area contributed by atoms with Crippen molar-refractivity contribution in [2.45, 2.75) is 6.04 Å². The number of aromatic nitrogens is 3. The third-order valence-corrected chi connectivity index (χ3v) is 5.57. The second kappa shape index (κ2) is 7.57. The molecule has 2 N–H and O–H groups in total. The Hall–Kier alpha value is -4.05. The molecule has 2 aromatic heterocycles. The first-order chi connectivity index (χ1) is 15.5. The van der Waals surface area contributed by atoms with Crippen LogP contribution in [0.4, 0.5) is 16.0 Å². The predicted octanol–water partition coefficient (Wildman–Crippen LogP) is 3.97. The molecular formula is C22H18FN5O4. The molecule has 32 heavy (non-hydrogen) atoms. The summed E-state index contributed by atoms with van der Waals surface area (Å²) in [5.41, 5.74) is 8.20. The predicted molar refractivity (Wildman–Crippen MR) is 116 cm³/mol. The van der Waals surface area contributed by atoms with Crippen molar-refractivity contribution in [2.75, 3.05) is 26.1 Å². The summed E-state index contributed by atoms with van der Waals surface area (Å²) in [6.45, 7) is 1.21. The summed E-state index contributed by atoms with van der Waals surface area (Å²) in [6.07, 6.45) is 3.43. The van der Waals surface area contributed by atoms with E-state index in [4.69, 9.17) is 15.2 Å². The number of fused-ring (bicyclic) bond motifs is 1. The van der Waals surface area contributed by atoms with Gasteiger partial charge >= 0.3 is 5.69 Å². The van der Waals surface area contributed by atoms with E-state index in [0.717, 1.165) is 28.6 Å². The van der Waals surface area contributed by atoms with Crippen molar-refractivity contribution < 1.29 is 18.8 Å². The topological polar surface area (TPSA) is 118 Å². The molecule has 1 aliphatic rings. The van der Waals surface area contributed by atoms with Crippen LogP contribution in [0.1, 0.15) is 6.04 Å². The van der Waals surface area contributed by atoms with Crippen LogP contribution in [0.3, 0.4) is 0 Å². The Morgan fingerprint density at radius 2 is 2.03 bits per heavy atom. The molecule has 9 nitrogen and oxygen atoms in total. The number of nitrogen functional groups attached to an aromatic ring is 1. The van der Waals surface area contributed by atoms with E-state index in [1.54, 1.807) is 0 Å². The maximum absolute atomic E-state index is 14.2. The number of ether oxygens (including phenoxy) is 2. The average molecular weight is 435 g/mol. The zero-order valence-electron chi connectivity index (χ0n) is 17.0. The number of nitro groups is 1. The lowest BCUT2D eigenvalue weighted by atomic mass is 9.99. The van der Waals surface area contributed by atoms with E-state index in [1.165, 1.54) is 13.3 Å². The van der Waals surface area contributed by atoms with Crippen molar-refractivity contribution in [2.24, 2.45) is 0 Å². The summed E-state index contributed by atoms with van der Waals surface area (Å²) in [6, 6.07) is 10.1. The standard InChI is InChI=1S/C22H18FN5O4/c1-31-20-7-17(23)19(28(29)30)6-14(20)15-8-25-22(24)26-21(15)16-9-27(12-10-32-11-12)18-5-3-2-4-13(16)18/h2-9,12H,10-11H2,1H3,(H2,24,25,26). The molecule has 0 bridgehead atoms. The summed E-state index contributed by atoms with van der Waals surface area (Å²) < 4.78 is 27.0. The number of rotatable bonds is 5. The Morgan fingerprint density at radius 3 is 2.72 bits per heavy atom. The lowest BCUT2D eigenvalue weighted by molar-refractivity contribution is -0.387. The fourth-order valence-corrected chi connectivity index (χ4v) is 3.94. The van der Waals surface area contributed by atoms with Gasteiger partial charge in [0.25, 0.3) is 0 Å². The van der Waals surface area contributed by atoms with Crippen molar-refractivity contribution in [1.82, 2.24) is 14.5 Å². The molecule has 4 aromatic rings. The van der Waals surface area contributed by atoms with Crippen LogP contribution in [0.2, 0.25) is 0 Å². The number of nitrogens with zero attached hydrogens (tertiary/aromatic N) is 4. The molecule has 1 aliphatic heterocycles. The van der Waals surface area contributed by atoms with Gasteiger partial charge < -0.3 is 19.8 Å². The molecule has 0 amide bonds. The minimum absolute atomic E-state index is 0.0446. The van der Waals surface area contributed by atoms with Crippen molar-refractivity contribution >= 4 is 22.5 Å². The Morgan fingerprint density at radius 1 is 1.25 bits per heavy atom. The van der Waals surface area contributed by atoms with E-state index < -0.39 is 16.4 Å². The minimum atomic E-state index is -0.991. The van der Waals surface area contributed by atoms with Gasteiger partial charge in [-0.15, -0.1) is 0 Å². The highest BCUT2D eigenvalue weighted by atomic mass is 19.1. The van der Waals surface area contributed by atoms with Crippen molar-refractivity contribution in [3.05, 3.63) is 64.7 Å². The maximum atomic E-state index is 14.2. The third kappa shape index (κ3) is 3.12. The van der Waals surface area contributed by atoms with Gasteiger partial charge in [-0.2, -0.15) is 4.39 Å². The second-order valence-corrected chi connectivity index (χ2v) is 7.41. The van der Waals surface area contributed by atoms with Crippen LogP contribution in [0.5, 0.6) is 5.75 Å². The molecule has 0 radical (unpaired) electrons. The van der Waals surface area contributed by atoms with Gasteiger partial charge in [-0.05, 0) is 6.07 Å². The molecular weight excluding hydrogens is 417 g/mol. The van der Waals surface area contributed by atoms with E-state index in [-0.39, 0.29) is 17.7 Å². The molecule has 3 heterocycles. The Balaban J connectivity index is 1.79. The summed E-state index contributed by atoms with van der Waals surface area (Å²) in [7, 11) is 1.37. The molecule has 5 rings (SSSR count). The van der Waals surface area contributed by atoms with Crippen LogP contribution in [0.25, 0.3) is 33.3 Å². The molecule has 0 atom stereocenters. The van der Waals surface area contributed by atoms with Gasteiger partial charge in [-0.25, -0.2) is 9.97 Å². The molecule has 10 heteroatoms. The van der Waals surface area contributed by atoms with Gasteiger partial charge in [-0.1, -0.05) is 18.2 Å². The van der Waals surface area contributed by atoms with Crippen molar-refractivity contribution in [1.29, 1.82) is 0 Å². The number of methoxy groups -OCH3 is 1. The average Bonchev–Trinajstić information content (AvgIpc) is 3.11. The number of anilines is 1. The van der Waals surface area contributed by atoms with E-state index in [9.17, 15) is 14.5 Å². The van der Waals surface area contributed by atoms with Crippen LogP contribution in [0.15, 0.2) is 48.8 Å². The molecule has 2 aromatic carbocycles. The number of benzene rings is 2. The third-order valence-electron chi connectivity index (χ3n) is 5.57. The first-order valence-electron chi connectivity index (χ1n) is 9.80. The summed E-state index contributed by atoms with van der Waals surface area (Å²) in [5.74, 6) is -0.822. The Labute approximate surface area is 181 Å². The van der Waals surface area contributed by atoms with E-state index in [2.05, 4.69) is 14.5 Å². The normalized spacial score (nSPS) is 13.8. The smallest absolute Gasteiger partial charge is 0.305 e. The monoisotopic (exact) mass is 435 g/mol. The van der Waals surface area contributed by atoms with Crippen LogP contribution >= 0.6 is 0 Å². The van der Waals surface area contributed by atoms with Gasteiger partial charge in [-0.3, -0.25) is 10.1 Å². The zero-order chi connectivity index (χ0) is 22.4. The van der Waals surface area contributed by atoms with E-state index in [0.29, 0.717) is 30.0 Å². The van der Waals surface area contributed by atoms with Gasteiger partial charge in [0, 0.05) is 52.1 Å². The molecule has 0 spiro atoms. The lowest BCUT2D eigenvalue weighted by Crippen LogP contribution is -2.30. The number of hydrogen-bond donors (Lipinski definition) is 1. The number of para-hydroxylation sites is 1. The fraction of sp³-hybridized carbons (Fsp3) is 0.182. The van der Waals surface area contributed by atoms with Crippen LogP contribution in [-0.4, -0.2) is 39.8 Å². The Bertz CT molecular complexity index is 1370. The highest BCUT2D eigenvalue weighted by molar-refractivity contribution is 5.99. The van der Waals surface area contributed by atoms with Crippen LogP contribution in [0, 0.1) is 15.9 Å². The fourth-order valence-electron chi connectivity index (χ4n) is 3.94. The van der Waals surface area contributed by atoms with Crippen molar-refractivity contribution in [3.63, 3.8) is 0 Å². The summed E-state index contributed by atoms with van der Waals surface area (Å²) in [4.78, 5) is 19.1. The second-order valence-electron chi connectivity index (χ2n) is 7.41. The van der Waals surface area contributed by atoms with Crippen molar-refractivity contribution in [3.8, 4) is 28.1 Å². The number of nitrogens with two attached hydrogens (primary N) is 1. The quantitative estimate of drug-likeness (QED) is 0.372. The molecule has 162 valence electrons. The SMILES string of the molecule is COc1cc(F)c([N+](=O)[O-])cc1-c1cnc(N)nc1-c1cn(C2COC2)c2ccccc12. The van der Waals surface area contributed by atoms with Gasteiger partial charge in [0.1, 0.15) is 5.75 Å². The maximum Gasteiger partial charge on any atom is 0.305 e. The number of hydrogen-bond acceptors (Lipinski definition) is 7. The van der Waals surface area contributed by atoms with Gasteiger partial charge in [0.15, 0.2) is 0 Å². The molecule has 0 unspecified atom stereocenters. The van der Waals surface area contributed by atoms with Gasteiger partial charge in [0.05, 0.1) is 37.0 Å².